The quantitative estimate of drug-likeness (QED) is 0.878. The van der Waals surface area contributed by atoms with Crippen LogP contribution in [-0.2, 0) is 5.41 Å². The van der Waals surface area contributed by atoms with Gasteiger partial charge in [-0.05, 0) is 24.0 Å². The van der Waals surface area contributed by atoms with Crippen LogP contribution in [0.1, 0.15) is 31.2 Å². The zero-order chi connectivity index (χ0) is 13.3. The number of hydrogen-bond donors (Lipinski definition) is 1. The third-order valence-electron chi connectivity index (χ3n) is 2.52. The fraction of sp³-hybridized carbons (Fsp3) is 0.385. The van der Waals surface area contributed by atoms with E-state index in [1.165, 1.54) is 4.88 Å². The van der Waals surface area contributed by atoms with Gasteiger partial charge in [-0.15, -0.1) is 11.3 Å². The second-order valence-electron chi connectivity index (χ2n) is 5.20. The molecule has 0 saturated heterocycles. The molecule has 96 valence electrons. The van der Waals surface area contributed by atoms with Crippen molar-refractivity contribution in [3.8, 4) is 0 Å². The molecular formula is C13H16ClN3S. The van der Waals surface area contributed by atoms with Crippen molar-refractivity contribution < 1.29 is 0 Å². The largest absolute Gasteiger partial charge is 0.316 e. The molecule has 0 atom stereocenters. The van der Waals surface area contributed by atoms with Crippen molar-refractivity contribution in [3.05, 3.63) is 33.9 Å². The second-order valence-corrected chi connectivity index (χ2v) is 6.84. The molecule has 0 aliphatic heterocycles. The Morgan fingerprint density at radius 1 is 1.22 bits per heavy atom. The van der Waals surface area contributed by atoms with E-state index in [0.717, 1.165) is 16.5 Å². The number of hydrogen-bond acceptors (Lipinski definition) is 4. The lowest BCUT2D eigenvalue weighted by Gasteiger charge is -2.21. The van der Waals surface area contributed by atoms with Crippen LogP contribution >= 0.6 is 22.9 Å². The van der Waals surface area contributed by atoms with Crippen LogP contribution in [0.2, 0.25) is 5.02 Å². The molecule has 0 spiro atoms. The maximum Gasteiger partial charge on any atom is 0.188 e. The lowest BCUT2D eigenvalue weighted by molar-refractivity contribution is 0.590. The van der Waals surface area contributed by atoms with Gasteiger partial charge in [0.25, 0.3) is 0 Å². The topological polar surface area (TPSA) is 37.8 Å². The minimum Gasteiger partial charge on any atom is -0.316 e. The van der Waals surface area contributed by atoms with Crippen molar-refractivity contribution >= 4 is 33.9 Å². The number of anilines is 2. The van der Waals surface area contributed by atoms with Gasteiger partial charge in [0.05, 0.1) is 5.02 Å². The van der Waals surface area contributed by atoms with Crippen LogP contribution < -0.4 is 5.32 Å². The van der Waals surface area contributed by atoms with Crippen molar-refractivity contribution in [3.63, 3.8) is 0 Å². The van der Waals surface area contributed by atoms with E-state index in [1.807, 2.05) is 19.2 Å². The minimum atomic E-state index is -0.00471. The molecule has 0 unspecified atom stereocenters. The van der Waals surface area contributed by atoms with Crippen LogP contribution in [0.15, 0.2) is 18.5 Å². The molecule has 0 amide bonds. The van der Waals surface area contributed by atoms with Crippen molar-refractivity contribution in [1.29, 1.82) is 0 Å². The number of aryl methyl sites for hydroxylation is 1. The highest BCUT2D eigenvalue weighted by molar-refractivity contribution is 7.15. The highest BCUT2D eigenvalue weighted by Gasteiger charge is 2.18. The fourth-order valence-electron chi connectivity index (χ4n) is 1.60. The van der Waals surface area contributed by atoms with Crippen LogP contribution in [-0.4, -0.2) is 9.97 Å². The predicted octanol–water partition coefficient (Wildman–Crippen LogP) is 4.54. The van der Waals surface area contributed by atoms with Crippen molar-refractivity contribution in [2.75, 3.05) is 5.32 Å². The van der Waals surface area contributed by atoms with Gasteiger partial charge in [-0.2, -0.15) is 0 Å². The minimum absolute atomic E-state index is 0.00471. The van der Waals surface area contributed by atoms with Crippen LogP contribution in [0.4, 0.5) is 10.9 Å². The summed E-state index contributed by atoms with van der Waals surface area (Å²) in [6.07, 6.45) is 3.53. The fourth-order valence-corrected chi connectivity index (χ4v) is 2.66. The van der Waals surface area contributed by atoms with E-state index in [2.05, 4.69) is 36.1 Å². The van der Waals surface area contributed by atoms with Gasteiger partial charge >= 0.3 is 0 Å². The Morgan fingerprint density at radius 3 is 2.50 bits per heavy atom. The maximum atomic E-state index is 6.18. The molecule has 0 fully saturated rings. The van der Waals surface area contributed by atoms with Gasteiger partial charge in [-0.3, -0.25) is 0 Å². The Hall–Kier alpha value is -1.13. The summed E-state index contributed by atoms with van der Waals surface area (Å²) in [5.41, 5.74) is 1.07. The first-order chi connectivity index (χ1) is 8.36. The molecule has 0 aliphatic carbocycles. The van der Waals surface area contributed by atoms with E-state index >= 15 is 0 Å². The Kier molecular flexibility index (Phi) is 3.59. The summed E-state index contributed by atoms with van der Waals surface area (Å²) in [7, 11) is 0. The average Bonchev–Trinajstić information content (AvgIpc) is 2.65. The second kappa shape index (κ2) is 4.86. The van der Waals surface area contributed by atoms with Gasteiger partial charge in [0.2, 0.25) is 0 Å². The van der Waals surface area contributed by atoms with Gasteiger partial charge in [0.1, 0.15) is 5.82 Å². The average molecular weight is 282 g/mol. The summed E-state index contributed by atoms with van der Waals surface area (Å²) in [6.45, 7) is 8.42. The van der Waals surface area contributed by atoms with Crippen LogP contribution in [0, 0.1) is 6.92 Å². The molecule has 0 bridgehead atoms. The van der Waals surface area contributed by atoms with E-state index in [-0.39, 0.29) is 5.41 Å². The standard InChI is InChI=1S/C13H16ClN3S/c1-8-6-16-12(18-8)17-11-5-9(13(2,3)4)10(14)7-15-11/h5-7H,1-4H3,(H,15,16,17). The highest BCUT2D eigenvalue weighted by Crippen LogP contribution is 2.31. The number of nitrogens with one attached hydrogen (secondary N) is 1. The summed E-state index contributed by atoms with van der Waals surface area (Å²) in [5, 5.41) is 4.75. The predicted molar refractivity (Wildman–Crippen MR) is 78.1 cm³/mol. The number of thiazole rings is 1. The van der Waals surface area contributed by atoms with Crippen LogP contribution in [0.3, 0.4) is 0 Å². The molecule has 3 nitrogen and oxygen atoms in total. The molecule has 2 aromatic rings. The molecule has 0 radical (unpaired) electrons. The first kappa shape index (κ1) is 13.3. The van der Waals surface area contributed by atoms with Gasteiger partial charge in [0, 0.05) is 17.3 Å². The normalized spacial score (nSPS) is 11.6. The van der Waals surface area contributed by atoms with E-state index in [1.54, 1.807) is 17.5 Å². The smallest absolute Gasteiger partial charge is 0.188 e. The summed E-state index contributed by atoms with van der Waals surface area (Å²) >= 11 is 7.79. The molecular weight excluding hydrogens is 266 g/mol. The van der Waals surface area contributed by atoms with E-state index in [4.69, 9.17) is 11.6 Å². The van der Waals surface area contributed by atoms with Gasteiger partial charge < -0.3 is 5.32 Å². The molecule has 18 heavy (non-hydrogen) atoms. The molecule has 0 aliphatic rings. The SMILES string of the molecule is Cc1cnc(Nc2cc(C(C)(C)C)c(Cl)cn2)s1. The van der Waals surface area contributed by atoms with E-state index < -0.39 is 0 Å². The highest BCUT2D eigenvalue weighted by atomic mass is 35.5. The molecule has 0 saturated carbocycles. The first-order valence-corrected chi connectivity index (χ1v) is 6.91. The van der Waals surface area contributed by atoms with Crippen molar-refractivity contribution in [2.45, 2.75) is 33.1 Å². The van der Waals surface area contributed by atoms with Crippen LogP contribution in [0.5, 0.6) is 0 Å². The van der Waals surface area contributed by atoms with Gasteiger partial charge in [-0.25, -0.2) is 9.97 Å². The zero-order valence-corrected chi connectivity index (χ0v) is 12.5. The summed E-state index contributed by atoms with van der Waals surface area (Å²) < 4.78 is 0. The van der Waals surface area contributed by atoms with Gasteiger partial charge in [-0.1, -0.05) is 32.4 Å². The third kappa shape index (κ3) is 3.00. The number of halogens is 1. The van der Waals surface area contributed by atoms with E-state index in [0.29, 0.717) is 5.02 Å². The summed E-state index contributed by atoms with van der Waals surface area (Å²) in [5.74, 6) is 0.777. The Labute approximate surface area is 116 Å². The van der Waals surface area contributed by atoms with Crippen LogP contribution in [0.25, 0.3) is 0 Å². The Bertz CT molecular complexity index is 558. The summed E-state index contributed by atoms with van der Waals surface area (Å²) in [4.78, 5) is 9.71. The number of pyridine rings is 1. The zero-order valence-electron chi connectivity index (χ0n) is 10.9. The number of nitrogens with zero attached hydrogens (tertiary/aromatic N) is 2. The van der Waals surface area contributed by atoms with Crippen molar-refractivity contribution in [1.82, 2.24) is 9.97 Å². The molecule has 2 rings (SSSR count). The van der Waals surface area contributed by atoms with E-state index in [9.17, 15) is 0 Å². The van der Waals surface area contributed by atoms with Gasteiger partial charge in [0.15, 0.2) is 5.13 Å². The lowest BCUT2D eigenvalue weighted by atomic mass is 9.87. The summed E-state index contributed by atoms with van der Waals surface area (Å²) in [6, 6.07) is 1.99. The number of rotatable bonds is 2. The third-order valence-corrected chi connectivity index (χ3v) is 3.65. The van der Waals surface area contributed by atoms with Crippen molar-refractivity contribution in [2.24, 2.45) is 0 Å². The first-order valence-electron chi connectivity index (χ1n) is 5.72. The monoisotopic (exact) mass is 281 g/mol. The maximum absolute atomic E-state index is 6.18. The Balaban J connectivity index is 2.30. The molecule has 0 aromatic carbocycles. The molecule has 5 heteroatoms. The molecule has 2 heterocycles. The number of aromatic nitrogens is 2. The lowest BCUT2D eigenvalue weighted by Crippen LogP contribution is -2.12. The molecule has 2 aromatic heterocycles. The molecule has 1 N–H and O–H groups in total. The Morgan fingerprint density at radius 2 is 1.94 bits per heavy atom.